The molecule has 112 valence electrons. The molecule has 2 aromatic rings. The van der Waals surface area contributed by atoms with Crippen molar-refractivity contribution >= 4 is 59.4 Å². The first kappa shape index (κ1) is 17.1. The lowest BCUT2D eigenvalue weighted by Gasteiger charge is -2.17. The predicted octanol–water partition coefficient (Wildman–Crippen LogP) is 6.37. The lowest BCUT2D eigenvalue weighted by Crippen LogP contribution is -1.99. The maximum absolute atomic E-state index is 6.12. The van der Waals surface area contributed by atoms with Gasteiger partial charge in [-0.2, -0.15) is 0 Å². The Labute approximate surface area is 154 Å². The van der Waals surface area contributed by atoms with Crippen molar-refractivity contribution in [3.8, 4) is 11.5 Å². The fourth-order valence-electron chi connectivity index (χ4n) is 1.98. The Morgan fingerprint density at radius 3 is 2.19 bits per heavy atom. The second-order valence-electron chi connectivity index (χ2n) is 4.29. The van der Waals surface area contributed by atoms with E-state index in [1.165, 1.54) is 0 Å². The van der Waals surface area contributed by atoms with E-state index >= 15 is 0 Å². The maximum Gasteiger partial charge on any atom is 0.133 e. The Morgan fingerprint density at radius 2 is 1.62 bits per heavy atom. The molecule has 0 saturated carbocycles. The number of hydrogen-bond donors (Lipinski definition) is 0. The van der Waals surface area contributed by atoms with E-state index in [-0.39, 0.29) is 4.83 Å². The van der Waals surface area contributed by atoms with Crippen LogP contribution in [0.25, 0.3) is 0 Å². The van der Waals surface area contributed by atoms with Crippen molar-refractivity contribution in [1.29, 1.82) is 0 Å². The highest BCUT2D eigenvalue weighted by molar-refractivity contribution is 9.11. The number of halogens is 4. The first-order valence-corrected chi connectivity index (χ1v) is 8.85. The molecule has 0 aliphatic rings. The van der Waals surface area contributed by atoms with Crippen molar-refractivity contribution in [3.05, 3.63) is 55.4 Å². The van der Waals surface area contributed by atoms with Crippen LogP contribution in [0.4, 0.5) is 0 Å². The van der Waals surface area contributed by atoms with Crippen LogP contribution in [0.3, 0.4) is 0 Å². The molecule has 0 aromatic heterocycles. The topological polar surface area (TPSA) is 18.5 Å². The monoisotopic (exact) mass is 496 g/mol. The molecule has 2 aromatic carbocycles. The normalized spacial score (nSPS) is 12.1. The van der Waals surface area contributed by atoms with Gasteiger partial charge in [0.15, 0.2) is 0 Å². The highest BCUT2D eigenvalue weighted by atomic mass is 79.9. The van der Waals surface area contributed by atoms with E-state index < -0.39 is 0 Å². The van der Waals surface area contributed by atoms with Crippen molar-refractivity contribution in [2.24, 2.45) is 0 Å². The Hall–Kier alpha value is -0.230. The van der Waals surface area contributed by atoms with Crippen LogP contribution < -0.4 is 9.47 Å². The van der Waals surface area contributed by atoms with Gasteiger partial charge in [-0.15, -0.1) is 0 Å². The van der Waals surface area contributed by atoms with Crippen molar-refractivity contribution in [2.45, 2.75) is 4.83 Å². The first-order valence-electron chi connectivity index (χ1n) is 5.97. The molecule has 0 aliphatic carbocycles. The molecule has 0 radical (unpaired) electrons. The van der Waals surface area contributed by atoms with Gasteiger partial charge in [0.2, 0.25) is 0 Å². The lowest BCUT2D eigenvalue weighted by molar-refractivity contribution is 0.397. The quantitative estimate of drug-likeness (QED) is 0.456. The summed E-state index contributed by atoms with van der Waals surface area (Å²) in [4.78, 5) is -0.0653. The minimum absolute atomic E-state index is 0.0653. The molecule has 2 nitrogen and oxygen atoms in total. The fourth-order valence-corrected chi connectivity index (χ4v) is 3.98. The number of rotatable bonds is 4. The maximum atomic E-state index is 6.12. The van der Waals surface area contributed by atoms with Gasteiger partial charge in [0.1, 0.15) is 11.5 Å². The molecule has 0 amide bonds. The average molecular weight is 499 g/mol. The number of methoxy groups -OCH3 is 2. The third-order valence-corrected chi connectivity index (χ3v) is 5.27. The molecule has 0 heterocycles. The van der Waals surface area contributed by atoms with Crippen molar-refractivity contribution in [2.75, 3.05) is 14.2 Å². The minimum atomic E-state index is -0.0653. The van der Waals surface area contributed by atoms with Gasteiger partial charge in [-0.3, -0.25) is 0 Å². The third kappa shape index (κ3) is 3.95. The first-order chi connectivity index (χ1) is 9.96. The van der Waals surface area contributed by atoms with Crippen LogP contribution in [-0.4, -0.2) is 14.2 Å². The SMILES string of the molecule is COc1cc(C(Br)c2cc(Cl)cc(Br)c2)c(OC)cc1Br. The highest BCUT2D eigenvalue weighted by Crippen LogP contribution is 2.42. The second-order valence-corrected chi connectivity index (χ2v) is 7.42. The number of ether oxygens (including phenoxy) is 2. The number of hydrogen-bond acceptors (Lipinski definition) is 2. The van der Waals surface area contributed by atoms with Gasteiger partial charge in [0.05, 0.1) is 23.5 Å². The number of benzene rings is 2. The molecule has 0 bridgehead atoms. The van der Waals surface area contributed by atoms with Crippen molar-refractivity contribution in [3.63, 3.8) is 0 Å². The zero-order chi connectivity index (χ0) is 15.6. The summed E-state index contributed by atoms with van der Waals surface area (Å²) < 4.78 is 12.6. The van der Waals surface area contributed by atoms with Crippen molar-refractivity contribution in [1.82, 2.24) is 0 Å². The van der Waals surface area contributed by atoms with E-state index in [4.69, 9.17) is 21.1 Å². The number of alkyl halides is 1. The van der Waals surface area contributed by atoms with Crippen LogP contribution >= 0.6 is 59.4 Å². The van der Waals surface area contributed by atoms with E-state index in [9.17, 15) is 0 Å². The summed E-state index contributed by atoms with van der Waals surface area (Å²) in [5, 5.41) is 0.673. The summed E-state index contributed by atoms with van der Waals surface area (Å²) in [5.74, 6) is 1.51. The summed E-state index contributed by atoms with van der Waals surface area (Å²) in [6, 6.07) is 9.61. The molecule has 6 heteroatoms. The Bertz CT molecular complexity index is 641. The summed E-state index contributed by atoms with van der Waals surface area (Å²) in [7, 11) is 3.28. The van der Waals surface area contributed by atoms with Gasteiger partial charge >= 0.3 is 0 Å². The standard InChI is InChI=1S/C15H12Br3ClO2/c1-20-13-7-12(17)14(21-2)6-11(13)15(18)8-3-9(16)5-10(19)4-8/h3-7,15H,1-2H3. The third-order valence-electron chi connectivity index (χ3n) is 2.95. The van der Waals surface area contributed by atoms with Gasteiger partial charge in [-0.25, -0.2) is 0 Å². The van der Waals surface area contributed by atoms with Gasteiger partial charge in [-0.05, 0) is 51.8 Å². The van der Waals surface area contributed by atoms with Crippen molar-refractivity contribution < 1.29 is 9.47 Å². The average Bonchev–Trinajstić information content (AvgIpc) is 2.45. The van der Waals surface area contributed by atoms with Crippen LogP contribution in [0, 0.1) is 0 Å². The molecule has 21 heavy (non-hydrogen) atoms. The van der Waals surface area contributed by atoms with Gasteiger partial charge < -0.3 is 9.47 Å². The smallest absolute Gasteiger partial charge is 0.133 e. The van der Waals surface area contributed by atoms with E-state index in [0.29, 0.717) is 5.02 Å². The Balaban J connectivity index is 2.53. The second kappa shape index (κ2) is 7.36. The molecular formula is C15H12Br3ClO2. The molecular weight excluding hydrogens is 487 g/mol. The van der Waals surface area contributed by atoms with E-state index in [2.05, 4.69) is 47.8 Å². The van der Waals surface area contributed by atoms with Crippen LogP contribution in [0.15, 0.2) is 39.3 Å². The van der Waals surface area contributed by atoms with Crippen LogP contribution in [0.1, 0.15) is 16.0 Å². The van der Waals surface area contributed by atoms with E-state index in [1.807, 2.05) is 30.3 Å². The zero-order valence-electron chi connectivity index (χ0n) is 11.3. The van der Waals surface area contributed by atoms with Gasteiger partial charge in [0, 0.05) is 15.1 Å². The Kier molecular flexibility index (Phi) is 6.00. The van der Waals surface area contributed by atoms with Crippen LogP contribution in [-0.2, 0) is 0 Å². The lowest BCUT2D eigenvalue weighted by atomic mass is 10.0. The van der Waals surface area contributed by atoms with Crippen LogP contribution in [0.2, 0.25) is 5.02 Å². The van der Waals surface area contributed by atoms with E-state index in [1.54, 1.807) is 14.2 Å². The highest BCUT2D eigenvalue weighted by Gasteiger charge is 2.19. The van der Waals surface area contributed by atoms with Gasteiger partial charge in [0.25, 0.3) is 0 Å². The molecule has 0 saturated heterocycles. The molecule has 0 spiro atoms. The summed E-state index contributed by atoms with van der Waals surface area (Å²) in [6.45, 7) is 0. The predicted molar refractivity (Wildman–Crippen MR) is 97.2 cm³/mol. The van der Waals surface area contributed by atoms with Gasteiger partial charge in [-0.1, -0.05) is 43.5 Å². The molecule has 0 aliphatic heterocycles. The zero-order valence-corrected chi connectivity index (χ0v) is 16.8. The molecule has 1 unspecified atom stereocenters. The summed E-state index contributed by atoms with van der Waals surface area (Å²) in [5.41, 5.74) is 1.99. The summed E-state index contributed by atoms with van der Waals surface area (Å²) in [6.07, 6.45) is 0. The fraction of sp³-hybridized carbons (Fsp3) is 0.200. The molecule has 1 atom stereocenters. The summed E-state index contributed by atoms with van der Waals surface area (Å²) >= 11 is 16.8. The molecule has 0 N–H and O–H groups in total. The largest absolute Gasteiger partial charge is 0.496 e. The van der Waals surface area contributed by atoms with E-state index in [0.717, 1.165) is 31.6 Å². The van der Waals surface area contributed by atoms with Crippen LogP contribution in [0.5, 0.6) is 11.5 Å². The minimum Gasteiger partial charge on any atom is -0.496 e. The Morgan fingerprint density at radius 1 is 0.952 bits per heavy atom. The molecule has 0 fully saturated rings. The molecule has 2 rings (SSSR count).